The molecular formula is C44H49F6N3O2Si. The molecule has 1 fully saturated rings. The second-order valence-electron chi connectivity index (χ2n) is 16.5. The Balaban J connectivity index is 1.25. The molecule has 0 radical (unpaired) electrons. The smallest absolute Gasteiger partial charge is 0.282 e. The predicted molar refractivity (Wildman–Crippen MR) is 210 cm³/mol. The number of aliphatic hydroxyl groups is 1. The molecule has 0 bridgehead atoms. The Labute approximate surface area is 325 Å². The van der Waals surface area contributed by atoms with Gasteiger partial charge in [-0.05, 0) is 76.6 Å². The first-order valence-electron chi connectivity index (χ1n) is 19.3. The van der Waals surface area contributed by atoms with Gasteiger partial charge < -0.3 is 19.4 Å². The number of nitrogens with one attached hydrogen (secondary N) is 1. The van der Waals surface area contributed by atoms with Crippen molar-refractivity contribution in [2.75, 3.05) is 39.5 Å². The summed E-state index contributed by atoms with van der Waals surface area (Å²) in [7, 11) is -3.37. The molecule has 2 aliphatic heterocycles. The van der Waals surface area contributed by atoms with Gasteiger partial charge in [-0.15, -0.1) is 0 Å². The molecule has 12 heteroatoms. The molecule has 1 aromatic heterocycles. The molecule has 56 heavy (non-hydrogen) atoms. The Morgan fingerprint density at radius 1 is 0.893 bits per heavy atom. The van der Waals surface area contributed by atoms with Crippen molar-refractivity contribution in [3.05, 3.63) is 131 Å². The number of aliphatic hydroxyl groups excluding tert-OH is 1. The third-order valence-electron chi connectivity index (χ3n) is 11.7. The maximum atomic E-state index is 16.8. The van der Waals surface area contributed by atoms with Crippen LogP contribution in [0.1, 0.15) is 68.6 Å². The first-order valence-corrected chi connectivity index (χ1v) is 21.2. The SMILES string of the molecule is C[C@@H]1Cc2c([nH]c3ccc(F)cc23)[C@@H](c2c(F)cc(C(O)C3CN(CCCF)C3)cc2F)N1CC(F)(F)CO[Si](c1ccccc1)(c1ccccc1)C(C)(C)C. The van der Waals surface area contributed by atoms with Gasteiger partial charge in [0.1, 0.15) is 17.5 Å². The van der Waals surface area contributed by atoms with Crippen LogP contribution < -0.4 is 10.4 Å². The van der Waals surface area contributed by atoms with E-state index in [1.807, 2.05) is 86.3 Å². The Morgan fingerprint density at radius 2 is 1.50 bits per heavy atom. The van der Waals surface area contributed by atoms with E-state index < -0.39 is 80.3 Å². The van der Waals surface area contributed by atoms with E-state index in [1.54, 1.807) is 6.92 Å². The van der Waals surface area contributed by atoms with E-state index in [0.717, 1.165) is 22.5 Å². The van der Waals surface area contributed by atoms with Crippen LogP contribution in [0.3, 0.4) is 0 Å². The molecule has 2 N–H and O–H groups in total. The zero-order valence-corrected chi connectivity index (χ0v) is 33.1. The Morgan fingerprint density at radius 3 is 2.07 bits per heavy atom. The largest absolute Gasteiger partial charge is 0.401 e. The monoisotopic (exact) mass is 793 g/mol. The highest BCUT2D eigenvalue weighted by atomic mass is 28.4. The van der Waals surface area contributed by atoms with E-state index in [-0.39, 0.29) is 17.9 Å². The van der Waals surface area contributed by atoms with Crippen molar-refractivity contribution in [1.82, 2.24) is 14.8 Å². The molecule has 3 atom stereocenters. The summed E-state index contributed by atoms with van der Waals surface area (Å²) in [5.74, 6) is -6.25. The number of likely N-dealkylation sites (tertiary alicyclic amines) is 1. The topological polar surface area (TPSA) is 51.7 Å². The molecule has 0 saturated carbocycles. The van der Waals surface area contributed by atoms with E-state index in [1.165, 1.54) is 23.1 Å². The summed E-state index contributed by atoms with van der Waals surface area (Å²) < 4.78 is 101. The molecule has 5 aromatic rings. The summed E-state index contributed by atoms with van der Waals surface area (Å²) >= 11 is 0. The van der Waals surface area contributed by atoms with Crippen LogP contribution in [0.5, 0.6) is 0 Å². The lowest BCUT2D eigenvalue weighted by Crippen LogP contribution is -2.67. The number of nitrogens with zero attached hydrogens (tertiary/aromatic N) is 2. The average molecular weight is 794 g/mol. The van der Waals surface area contributed by atoms with Crippen molar-refractivity contribution in [3.63, 3.8) is 0 Å². The first-order chi connectivity index (χ1) is 26.6. The van der Waals surface area contributed by atoms with Crippen molar-refractivity contribution in [3.8, 4) is 0 Å². The number of benzene rings is 4. The lowest BCUT2D eigenvalue weighted by Gasteiger charge is -2.45. The third kappa shape index (κ3) is 7.58. The highest BCUT2D eigenvalue weighted by molar-refractivity contribution is 6.99. The van der Waals surface area contributed by atoms with Gasteiger partial charge >= 0.3 is 0 Å². The van der Waals surface area contributed by atoms with Crippen LogP contribution in [0, 0.1) is 23.4 Å². The second-order valence-corrected chi connectivity index (χ2v) is 20.9. The lowest BCUT2D eigenvalue weighted by molar-refractivity contribution is -0.0825. The molecule has 0 spiro atoms. The first kappa shape index (κ1) is 40.3. The molecule has 7 rings (SSSR count). The number of halogens is 6. The van der Waals surface area contributed by atoms with Crippen molar-refractivity contribution in [2.45, 2.75) is 69.7 Å². The van der Waals surface area contributed by atoms with E-state index in [9.17, 15) is 13.9 Å². The summed E-state index contributed by atoms with van der Waals surface area (Å²) in [4.78, 5) is 6.58. The minimum atomic E-state index is -3.49. The highest BCUT2D eigenvalue weighted by Crippen LogP contribution is 2.45. The van der Waals surface area contributed by atoms with Crippen LogP contribution in [-0.2, 0) is 10.8 Å². The molecular weight excluding hydrogens is 745 g/mol. The van der Waals surface area contributed by atoms with E-state index >= 15 is 17.6 Å². The summed E-state index contributed by atoms with van der Waals surface area (Å²) in [6.07, 6.45) is -0.586. The molecule has 0 amide bonds. The Bertz CT molecular complexity index is 2080. The molecule has 5 nitrogen and oxygen atoms in total. The van der Waals surface area contributed by atoms with Crippen molar-refractivity contribution in [2.24, 2.45) is 5.92 Å². The van der Waals surface area contributed by atoms with Gasteiger partial charge in [0.25, 0.3) is 14.2 Å². The number of H-pyrrole nitrogens is 1. The number of alkyl halides is 3. The zero-order chi connectivity index (χ0) is 40.0. The van der Waals surface area contributed by atoms with Crippen LogP contribution in [-0.4, -0.2) is 79.6 Å². The lowest BCUT2D eigenvalue weighted by atomic mass is 9.85. The molecule has 298 valence electrons. The standard InChI is InChI=1S/C44H49F6N3O2Si/c1-28-20-35-34-23-31(46)16-17-38(34)51-40(35)41(39-36(47)21-29(22-37(39)48)42(54)30-24-52(25-30)19-11-18-45)53(28)26-44(49,50)27-55-56(43(2,3)4,32-12-7-5-8-13-32)33-14-9-6-10-15-33/h5-10,12-17,21-23,28,30,41-42,51,54H,11,18-20,24-27H2,1-4H3/t28-,41-,42?/m1/s1. The van der Waals surface area contributed by atoms with Crippen LogP contribution in [0.4, 0.5) is 26.3 Å². The maximum Gasteiger partial charge on any atom is 0.282 e. The molecule has 1 saturated heterocycles. The van der Waals surface area contributed by atoms with Gasteiger partial charge in [0.15, 0.2) is 0 Å². The van der Waals surface area contributed by atoms with Gasteiger partial charge in [-0.3, -0.25) is 9.29 Å². The third-order valence-corrected chi connectivity index (χ3v) is 16.6. The van der Waals surface area contributed by atoms with E-state index in [4.69, 9.17) is 4.43 Å². The van der Waals surface area contributed by atoms with E-state index in [2.05, 4.69) is 4.98 Å². The quantitative estimate of drug-likeness (QED) is 0.0929. The number of aromatic nitrogens is 1. The van der Waals surface area contributed by atoms with Gasteiger partial charge in [0.2, 0.25) is 0 Å². The van der Waals surface area contributed by atoms with Crippen LogP contribution in [0.25, 0.3) is 10.9 Å². The number of rotatable bonds is 13. The van der Waals surface area contributed by atoms with E-state index in [0.29, 0.717) is 48.2 Å². The summed E-state index contributed by atoms with van der Waals surface area (Å²) in [6, 6.07) is 23.3. The highest BCUT2D eigenvalue weighted by Gasteiger charge is 2.53. The van der Waals surface area contributed by atoms with Gasteiger partial charge in [-0.1, -0.05) is 81.4 Å². The van der Waals surface area contributed by atoms with Crippen molar-refractivity contribution in [1.29, 1.82) is 0 Å². The molecule has 2 aliphatic rings. The molecule has 0 aliphatic carbocycles. The van der Waals surface area contributed by atoms with Gasteiger partial charge in [-0.25, -0.2) is 22.0 Å². The number of hydrogen-bond donors (Lipinski definition) is 2. The minimum Gasteiger partial charge on any atom is -0.401 e. The van der Waals surface area contributed by atoms with Gasteiger partial charge in [-0.2, -0.15) is 0 Å². The fraction of sp³-hybridized carbons (Fsp3) is 0.409. The Kier molecular flexibility index (Phi) is 11.3. The molecule has 4 aromatic carbocycles. The van der Waals surface area contributed by atoms with Gasteiger partial charge in [0, 0.05) is 53.8 Å². The van der Waals surface area contributed by atoms with Gasteiger partial charge in [0.05, 0.1) is 32.0 Å². The van der Waals surface area contributed by atoms with Crippen LogP contribution in [0.2, 0.25) is 5.04 Å². The summed E-state index contributed by atoms with van der Waals surface area (Å²) in [6.45, 7) is 6.89. The normalized spacial score (nSPS) is 19.3. The van der Waals surface area contributed by atoms with Crippen LogP contribution in [0.15, 0.2) is 91.0 Å². The number of aromatic amines is 1. The molecule has 3 heterocycles. The Hall–Kier alpha value is -3.94. The zero-order valence-electron chi connectivity index (χ0n) is 32.1. The predicted octanol–water partition coefficient (Wildman–Crippen LogP) is 8.46. The number of hydrogen-bond acceptors (Lipinski definition) is 4. The summed E-state index contributed by atoms with van der Waals surface area (Å²) in [5.41, 5.74) is 1.03. The average Bonchev–Trinajstić information content (AvgIpc) is 3.49. The van der Waals surface area contributed by atoms with Crippen molar-refractivity contribution >= 4 is 29.6 Å². The number of fused-ring (bicyclic) bond motifs is 3. The fourth-order valence-electron chi connectivity index (χ4n) is 8.96. The maximum absolute atomic E-state index is 16.8. The van der Waals surface area contributed by atoms with Crippen LogP contribution >= 0.6 is 0 Å². The second kappa shape index (κ2) is 15.8. The summed E-state index contributed by atoms with van der Waals surface area (Å²) in [5, 5.41) is 12.8. The van der Waals surface area contributed by atoms with Crippen molar-refractivity contribution < 1.29 is 35.9 Å². The molecule has 1 unspecified atom stereocenters. The minimum absolute atomic E-state index is 0.0391. The fourth-order valence-corrected chi connectivity index (χ4v) is 13.5.